The van der Waals surface area contributed by atoms with Gasteiger partial charge in [-0.3, -0.25) is 9.78 Å². The molecule has 1 aromatic heterocycles. The van der Waals surface area contributed by atoms with Crippen LogP contribution in [0.3, 0.4) is 0 Å². The third kappa shape index (κ3) is 4.84. The molecule has 1 N–H and O–H groups in total. The number of aryl methyl sites for hydroxylation is 1. The highest BCUT2D eigenvalue weighted by Gasteiger charge is 2.27. The first kappa shape index (κ1) is 19.3. The second-order valence-electron chi connectivity index (χ2n) is 6.42. The van der Waals surface area contributed by atoms with Gasteiger partial charge in [-0.2, -0.15) is 4.31 Å². The van der Waals surface area contributed by atoms with E-state index >= 15 is 0 Å². The summed E-state index contributed by atoms with van der Waals surface area (Å²) in [6.45, 7) is 3.08. The SMILES string of the molecule is Cc1cc(S(=O)(=O)N2CCCC2)ccc1OCC(=O)NCc1ccccn1. The molecule has 0 bridgehead atoms. The number of carbonyl (C=O) groups is 1. The quantitative estimate of drug-likeness (QED) is 0.781. The van der Waals surface area contributed by atoms with Crippen molar-refractivity contribution in [3.63, 3.8) is 0 Å². The van der Waals surface area contributed by atoms with E-state index in [1.165, 1.54) is 10.4 Å². The van der Waals surface area contributed by atoms with Gasteiger partial charge in [-0.05, 0) is 55.7 Å². The summed E-state index contributed by atoms with van der Waals surface area (Å²) in [5.74, 6) is 0.220. The van der Waals surface area contributed by atoms with E-state index in [9.17, 15) is 13.2 Å². The van der Waals surface area contributed by atoms with Crippen LogP contribution in [0.25, 0.3) is 0 Å². The third-order valence-corrected chi connectivity index (χ3v) is 6.30. The van der Waals surface area contributed by atoms with Gasteiger partial charge in [-0.15, -0.1) is 0 Å². The number of carbonyl (C=O) groups excluding carboxylic acids is 1. The molecule has 3 rings (SSSR count). The van der Waals surface area contributed by atoms with Gasteiger partial charge in [0, 0.05) is 19.3 Å². The molecule has 0 aliphatic carbocycles. The van der Waals surface area contributed by atoms with Crippen molar-refractivity contribution in [2.45, 2.75) is 31.2 Å². The fraction of sp³-hybridized carbons (Fsp3) is 0.368. The Hall–Kier alpha value is -2.45. The van der Waals surface area contributed by atoms with Gasteiger partial charge in [0.1, 0.15) is 5.75 Å². The van der Waals surface area contributed by atoms with Crippen molar-refractivity contribution in [1.29, 1.82) is 0 Å². The molecule has 8 heteroatoms. The summed E-state index contributed by atoms with van der Waals surface area (Å²) in [6.07, 6.45) is 3.46. The summed E-state index contributed by atoms with van der Waals surface area (Å²) in [4.78, 5) is 16.3. The first-order valence-corrected chi connectivity index (χ1v) is 10.3. The minimum Gasteiger partial charge on any atom is -0.484 e. The molecule has 1 amide bonds. The summed E-state index contributed by atoms with van der Waals surface area (Å²) in [7, 11) is -3.46. The second-order valence-corrected chi connectivity index (χ2v) is 8.36. The molecule has 7 nitrogen and oxygen atoms in total. The molecule has 0 unspecified atom stereocenters. The zero-order valence-corrected chi connectivity index (χ0v) is 16.0. The maximum Gasteiger partial charge on any atom is 0.258 e. The Balaban J connectivity index is 1.57. The summed E-state index contributed by atoms with van der Waals surface area (Å²) in [6, 6.07) is 10.2. The van der Waals surface area contributed by atoms with E-state index in [-0.39, 0.29) is 17.4 Å². The number of benzene rings is 1. The predicted molar refractivity (Wildman–Crippen MR) is 101 cm³/mol. The standard InChI is InChI=1S/C19H23N3O4S/c1-15-12-17(27(24,25)22-10-4-5-11-22)7-8-18(15)26-14-19(23)21-13-16-6-2-3-9-20-16/h2-3,6-9,12H,4-5,10-11,13-14H2,1H3,(H,21,23). The van der Waals surface area contributed by atoms with Gasteiger partial charge in [0.25, 0.3) is 5.91 Å². The molecule has 0 saturated carbocycles. The molecular weight excluding hydrogens is 366 g/mol. The first-order valence-electron chi connectivity index (χ1n) is 8.87. The number of pyridine rings is 1. The smallest absolute Gasteiger partial charge is 0.258 e. The normalized spacial score (nSPS) is 14.9. The number of amides is 1. The van der Waals surface area contributed by atoms with Crippen LogP contribution >= 0.6 is 0 Å². The van der Waals surface area contributed by atoms with Gasteiger partial charge in [-0.1, -0.05) is 6.07 Å². The average Bonchev–Trinajstić information content (AvgIpc) is 3.22. The Morgan fingerprint density at radius 1 is 1.22 bits per heavy atom. The van der Waals surface area contributed by atoms with E-state index in [4.69, 9.17) is 4.74 Å². The van der Waals surface area contributed by atoms with Crippen LogP contribution < -0.4 is 10.1 Å². The van der Waals surface area contributed by atoms with E-state index in [2.05, 4.69) is 10.3 Å². The zero-order chi connectivity index (χ0) is 19.3. The van der Waals surface area contributed by atoms with Crippen molar-refractivity contribution >= 4 is 15.9 Å². The molecule has 2 heterocycles. The van der Waals surface area contributed by atoms with Gasteiger partial charge in [0.05, 0.1) is 17.1 Å². The molecule has 1 aliphatic rings. The van der Waals surface area contributed by atoms with Crippen LogP contribution in [0.15, 0.2) is 47.5 Å². The van der Waals surface area contributed by atoms with Crippen LogP contribution in [-0.4, -0.2) is 43.3 Å². The fourth-order valence-corrected chi connectivity index (χ4v) is 4.51. The maximum absolute atomic E-state index is 12.6. The molecule has 1 aliphatic heterocycles. The fourth-order valence-electron chi connectivity index (χ4n) is 2.91. The molecule has 0 radical (unpaired) electrons. The van der Waals surface area contributed by atoms with E-state index in [0.29, 0.717) is 30.9 Å². The third-order valence-electron chi connectivity index (χ3n) is 4.40. The topological polar surface area (TPSA) is 88.6 Å². The van der Waals surface area contributed by atoms with Crippen molar-refractivity contribution in [3.05, 3.63) is 53.9 Å². The van der Waals surface area contributed by atoms with E-state index in [1.807, 2.05) is 18.2 Å². The number of rotatable bonds is 7. The molecule has 144 valence electrons. The molecule has 27 heavy (non-hydrogen) atoms. The van der Waals surface area contributed by atoms with E-state index in [0.717, 1.165) is 18.5 Å². The van der Waals surface area contributed by atoms with Gasteiger partial charge >= 0.3 is 0 Å². The average molecular weight is 389 g/mol. The number of nitrogens with one attached hydrogen (secondary N) is 1. The lowest BCUT2D eigenvalue weighted by atomic mass is 10.2. The Labute approximate surface area is 159 Å². The lowest BCUT2D eigenvalue weighted by molar-refractivity contribution is -0.123. The van der Waals surface area contributed by atoms with Crippen molar-refractivity contribution in [2.75, 3.05) is 19.7 Å². The Morgan fingerprint density at radius 2 is 2.00 bits per heavy atom. The van der Waals surface area contributed by atoms with E-state index in [1.54, 1.807) is 25.3 Å². The lowest BCUT2D eigenvalue weighted by Gasteiger charge is -2.17. The van der Waals surface area contributed by atoms with Crippen LogP contribution in [0.2, 0.25) is 0 Å². The van der Waals surface area contributed by atoms with Crippen molar-refractivity contribution in [3.8, 4) is 5.75 Å². The maximum atomic E-state index is 12.6. The summed E-state index contributed by atoms with van der Waals surface area (Å²) in [5, 5.41) is 2.73. The molecule has 1 saturated heterocycles. The van der Waals surface area contributed by atoms with Crippen LogP contribution in [-0.2, 0) is 21.4 Å². The molecule has 1 aromatic carbocycles. The van der Waals surface area contributed by atoms with Crippen LogP contribution in [0, 0.1) is 6.92 Å². The Bertz CT molecular complexity index is 894. The molecule has 0 atom stereocenters. The minimum atomic E-state index is -3.46. The van der Waals surface area contributed by atoms with Gasteiger partial charge in [-0.25, -0.2) is 8.42 Å². The summed E-state index contributed by atoms with van der Waals surface area (Å²) in [5.41, 5.74) is 1.44. The van der Waals surface area contributed by atoms with Crippen LogP contribution in [0.4, 0.5) is 0 Å². The van der Waals surface area contributed by atoms with E-state index < -0.39 is 10.0 Å². The van der Waals surface area contributed by atoms with Crippen LogP contribution in [0.5, 0.6) is 5.75 Å². The minimum absolute atomic E-state index is 0.147. The van der Waals surface area contributed by atoms with Gasteiger partial charge < -0.3 is 10.1 Å². The zero-order valence-electron chi connectivity index (χ0n) is 15.2. The monoisotopic (exact) mass is 389 g/mol. The first-order chi connectivity index (χ1) is 13.0. The highest BCUT2D eigenvalue weighted by Crippen LogP contribution is 2.26. The number of ether oxygens (including phenoxy) is 1. The number of hydrogen-bond acceptors (Lipinski definition) is 5. The largest absolute Gasteiger partial charge is 0.484 e. The molecular formula is C19H23N3O4S. The predicted octanol–water partition coefficient (Wildman–Crippen LogP) is 1.87. The molecule has 2 aromatic rings. The highest BCUT2D eigenvalue weighted by molar-refractivity contribution is 7.89. The van der Waals surface area contributed by atoms with Gasteiger partial charge in [0.15, 0.2) is 6.61 Å². The highest BCUT2D eigenvalue weighted by atomic mass is 32.2. The summed E-state index contributed by atoms with van der Waals surface area (Å²) < 4.78 is 32.2. The number of sulfonamides is 1. The van der Waals surface area contributed by atoms with Crippen molar-refractivity contribution in [1.82, 2.24) is 14.6 Å². The van der Waals surface area contributed by atoms with Crippen molar-refractivity contribution in [2.24, 2.45) is 0 Å². The Kier molecular flexibility index (Phi) is 6.08. The number of hydrogen-bond donors (Lipinski definition) is 1. The second kappa shape index (κ2) is 8.49. The van der Waals surface area contributed by atoms with Crippen LogP contribution in [0.1, 0.15) is 24.1 Å². The molecule has 1 fully saturated rings. The lowest BCUT2D eigenvalue weighted by Crippen LogP contribution is -2.29. The molecule has 0 spiro atoms. The number of nitrogens with zero attached hydrogens (tertiary/aromatic N) is 2. The van der Waals surface area contributed by atoms with Gasteiger partial charge in [0.2, 0.25) is 10.0 Å². The summed E-state index contributed by atoms with van der Waals surface area (Å²) >= 11 is 0. The number of aromatic nitrogens is 1. The van der Waals surface area contributed by atoms with Crippen molar-refractivity contribution < 1.29 is 17.9 Å². The Morgan fingerprint density at radius 3 is 2.67 bits per heavy atom.